The molecule has 0 aliphatic carbocycles. The molecular weight excluding hydrogens is 417 g/mol. The first-order valence-electron chi connectivity index (χ1n) is 5.34. The van der Waals surface area contributed by atoms with Gasteiger partial charge in [0.1, 0.15) is 5.75 Å². The van der Waals surface area contributed by atoms with Gasteiger partial charge in [0, 0.05) is 21.1 Å². The molecule has 0 aliphatic heterocycles. The van der Waals surface area contributed by atoms with Crippen LogP contribution in [0.15, 0.2) is 39.3 Å². The zero-order valence-corrected chi connectivity index (χ0v) is 14.2. The SMILES string of the molecule is Oc1ccc(Br)cc1CNc1ccc(Br)c(Cl)c1Cl. The van der Waals surface area contributed by atoms with Gasteiger partial charge in [-0.15, -0.1) is 0 Å². The van der Waals surface area contributed by atoms with Gasteiger partial charge < -0.3 is 10.4 Å². The van der Waals surface area contributed by atoms with Crippen LogP contribution in [0.25, 0.3) is 0 Å². The van der Waals surface area contributed by atoms with E-state index in [1.807, 2.05) is 18.2 Å². The average molecular weight is 426 g/mol. The summed E-state index contributed by atoms with van der Waals surface area (Å²) in [4.78, 5) is 0. The molecule has 2 nitrogen and oxygen atoms in total. The van der Waals surface area contributed by atoms with E-state index < -0.39 is 0 Å². The summed E-state index contributed by atoms with van der Waals surface area (Å²) in [7, 11) is 0. The Morgan fingerprint density at radius 2 is 1.79 bits per heavy atom. The lowest BCUT2D eigenvalue weighted by atomic mass is 10.2. The van der Waals surface area contributed by atoms with Crippen molar-refractivity contribution in [3.63, 3.8) is 0 Å². The van der Waals surface area contributed by atoms with E-state index in [0.717, 1.165) is 14.5 Å². The van der Waals surface area contributed by atoms with Crippen molar-refractivity contribution in [1.82, 2.24) is 0 Å². The maximum Gasteiger partial charge on any atom is 0.120 e. The zero-order chi connectivity index (χ0) is 14.0. The molecule has 0 heterocycles. The molecule has 2 rings (SSSR count). The van der Waals surface area contributed by atoms with Crippen molar-refractivity contribution in [2.75, 3.05) is 5.32 Å². The van der Waals surface area contributed by atoms with E-state index in [2.05, 4.69) is 37.2 Å². The molecule has 6 heteroatoms. The van der Waals surface area contributed by atoms with Crippen molar-refractivity contribution in [3.8, 4) is 5.75 Å². The number of anilines is 1. The second-order valence-electron chi connectivity index (χ2n) is 3.85. The monoisotopic (exact) mass is 423 g/mol. The number of phenolic OH excluding ortho intramolecular Hbond substituents is 1. The van der Waals surface area contributed by atoms with Gasteiger partial charge in [0.25, 0.3) is 0 Å². The van der Waals surface area contributed by atoms with Gasteiger partial charge in [-0.3, -0.25) is 0 Å². The first-order valence-corrected chi connectivity index (χ1v) is 7.68. The Labute approximate surface area is 138 Å². The predicted octanol–water partition coefficient (Wildman–Crippen LogP) is 5.84. The summed E-state index contributed by atoms with van der Waals surface area (Å²) >= 11 is 18.9. The molecule has 2 aromatic carbocycles. The van der Waals surface area contributed by atoms with Crippen molar-refractivity contribution in [1.29, 1.82) is 0 Å². The number of halogens is 4. The Morgan fingerprint density at radius 1 is 1.05 bits per heavy atom. The summed E-state index contributed by atoms with van der Waals surface area (Å²) < 4.78 is 1.65. The molecule has 0 amide bonds. The van der Waals surface area contributed by atoms with Crippen LogP contribution in [0.2, 0.25) is 10.0 Å². The quantitative estimate of drug-likeness (QED) is 0.606. The molecule has 100 valence electrons. The van der Waals surface area contributed by atoms with Crippen LogP contribution in [-0.4, -0.2) is 5.11 Å². The maximum atomic E-state index is 9.75. The summed E-state index contributed by atoms with van der Waals surface area (Å²) in [6, 6.07) is 8.90. The van der Waals surface area contributed by atoms with Crippen molar-refractivity contribution in [3.05, 3.63) is 54.9 Å². The van der Waals surface area contributed by atoms with E-state index >= 15 is 0 Å². The summed E-state index contributed by atoms with van der Waals surface area (Å²) in [6.07, 6.45) is 0. The molecule has 2 aromatic rings. The van der Waals surface area contributed by atoms with Crippen LogP contribution in [0.4, 0.5) is 5.69 Å². The Balaban J connectivity index is 2.19. The van der Waals surface area contributed by atoms with Gasteiger partial charge in [-0.25, -0.2) is 0 Å². The van der Waals surface area contributed by atoms with E-state index in [1.54, 1.807) is 12.1 Å². The largest absolute Gasteiger partial charge is 0.508 e. The second kappa shape index (κ2) is 6.35. The van der Waals surface area contributed by atoms with Gasteiger partial charge in [0.05, 0.1) is 15.7 Å². The Kier molecular flexibility index (Phi) is 5.01. The number of rotatable bonds is 3. The number of aromatic hydroxyl groups is 1. The fourth-order valence-corrected chi connectivity index (χ4v) is 2.80. The molecule has 0 spiro atoms. The summed E-state index contributed by atoms with van der Waals surface area (Å²) in [5.74, 6) is 0.232. The van der Waals surface area contributed by atoms with Crippen LogP contribution in [-0.2, 0) is 6.54 Å². The van der Waals surface area contributed by atoms with Crippen LogP contribution < -0.4 is 5.32 Å². The summed E-state index contributed by atoms with van der Waals surface area (Å²) in [6.45, 7) is 0.447. The average Bonchev–Trinajstić information content (AvgIpc) is 2.39. The van der Waals surface area contributed by atoms with Gasteiger partial charge >= 0.3 is 0 Å². The van der Waals surface area contributed by atoms with Crippen molar-refractivity contribution >= 4 is 60.7 Å². The first kappa shape index (κ1) is 15.0. The van der Waals surface area contributed by atoms with Gasteiger partial charge in [0.2, 0.25) is 0 Å². The van der Waals surface area contributed by atoms with E-state index in [1.165, 1.54) is 0 Å². The number of nitrogens with one attached hydrogen (secondary N) is 1. The Hall–Kier alpha value is -0.420. The molecule has 0 radical (unpaired) electrons. The third-order valence-corrected chi connectivity index (χ3v) is 4.81. The third-order valence-electron chi connectivity index (χ3n) is 2.55. The molecule has 0 unspecified atom stereocenters. The molecule has 0 atom stereocenters. The minimum Gasteiger partial charge on any atom is -0.508 e. The predicted molar refractivity (Wildman–Crippen MR) is 87.3 cm³/mol. The normalized spacial score (nSPS) is 10.5. The molecule has 2 N–H and O–H groups in total. The van der Waals surface area contributed by atoms with E-state index in [-0.39, 0.29) is 5.75 Å². The molecule has 0 fully saturated rings. The number of hydrogen-bond donors (Lipinski definition) is 2. The van der Waals surface area contributed by atoms with E-state index in [4.69, 9.17) is 23.2 Å². The number of phenols is 1. The highest BCUT2D eigenvalue weighted by Crippen LogP contribution is 2.36. The molecule has 19 heavy (non-hydrogen) atoms. The first-order chi connectivity index (χ1) is 8.99. The molecule has 0 saturated heterocycles. The van der Waals surface area contributed by atoms with Crippen molar-refractivity contribution in [2.24, 2.45) is 0 Å². The maximum absolute atomic E-state index is 9.75. The van der Waals surface area contributed by atoms with Crippen LogP contribution in [0.1, 0.15) is 5.56 Å². The molecule has 0 aliphatic rings. The molecule has 0 saturated carbocycles. The lowest BCUT2D eigenvalue weighted by molar-refractivity contribution is 0.469. The Bertz CT molecular complexity index is 620. The minimum atomic E-state index is 0.232. The zero-order valence-electron chi connectivity index (χ0n) is 9.55. The van der Waals surface area contributed by atoms with Crippen LogP contribution in [0.5, 0.6) is 5.75 Å². The second-order valence-corrected chi connectivity index (χ2v) is 6.38. The standard InChI is InChI=1S/C13H9Br2Cl2NO/c14-8-1-4-11(19)7(5-8)6-18-10-3-2-9(15)12(16)13(10)17/h1-5,18-19H,6H2. The van der Waals surface area contributed by atoms with Crippen LogP contribution in [0.3, 0.4) is 0 Å². The molecular formula is C13H9Br2Cl2NO. The third kappa shape index (κ3) is 3.57. The van der Waals surface area contributed by atoms with Gasteiger partial charge in [-0.2, -0.15) is 0 Å². The van der Waals surface area contributed by atoms with Crippen LogP contribution in [0, 0.1) is 0 Å². The summed E-state index contributed by atoms with van der Waals surface area (Å²) in [5.41, 5.74) is 1.48. The lowest BCUT2D eigenvalue weighted by Crippen LogP contribution is -2.00. The summed E-state index contributed by atoms with van der Waals surface area (Å²) in [5, 5.41) is 13.8. The fraction of sp³-hybridized carbons (Fsp3) is 0.0769. The topological polar surface area (TPSA) is 32.3 Å². The highest BCUT2D eigenvalue weighted by Gasteiger charge is 2.09. The van der Waals surface area contributed by atoms with Crippen LogP contribution >= 0.6 is 55.1 Å². The van der Waals surface area contributed by atoms with Gasteiger partial charge in [0.15, 0.2) is 0 Å². The minimum absolute atomic E-state index is 0.232. The van der Waals surface area contributed by atoms with E-state index in [0.29, 0.717) is 22.3 Å². The molecule has 0 aromatic heterocycles. The molecule has 0 bridgehead atoms. The number of benzene rings is 2. The van der Waals surface area contributed by atoms with Gasteiger partial charge in [-0.1, -0.05) is 39.1 Å². The lowest BCUT2D eigenvalue weighted by Gasteiger charge is -2.11. The fourth-order valence-electron chi connectivity index (χ4n) is 1.55. The van der Waals surface area contributed by atoms with Crippen molar-refractivity contribution in [2.45, 2.75) is 6.54 Å². The number of hydrogen-bond acceptors (Lipinski definition) is 2. The highest BCUT2D eigenvalue weighted by atomic mass is 79.9. The van der Waals surface area contributed by atoms with Gasteiger partial charge in [-0.05, 0) is 46.3 Å². The Morgan fingerprint density at radius 3 is 2.53 bits per heavy atom. The highest BCUT2D eigenvalue weighted by molar-refractivity contribution is 9.10. The van der Waals surface area contributed by atoms with Crippen molar-refractivity contribution < 1.29 is 5.11 Å². The smallest absolute Gasteiger partial charge is 0.120 e. The van der Waals surface area contributed by atoms with E-state index in [9.17, 15) is 5.11 Å².